The molecule has 2 N–H and O–H groups in total. The van der Waals surface area contributed by atoms with Gasteiger partial charge in [-0.1, -0.05) is 6.07 Å². The van der Waals surface area contributed by atoms with Gasteiger partial charge in [0.2, 0.25) is 0 Å². The van der Waals surface area contributed by atoms with E-state index in [0.717, 1.165) is 5.56 Å². The average molecular weight is 359 g/mol. The number of rotatable bonds is 8. The molecule has 0 radical (unpaired) electrons. The van der Waals surface area contributed by atoms with Gasteiger partial charge in [-0.05, 0) is 49.7 Å². The Morgan fingerprint density at radius 3 is 2.42 bits per heavy atom. The van der Waals surface area contributed by atoms with Crippen LogP contribution in [0.2, 0.25) is 0 Å². The summed E-state index contributed by atoms with van der Waals surface area (Å²) in [4.78, 5) is 23.2. The summed E-state index contributed by atoms with van der Waals surface area (Å²) in [5.74, 6) is -0.326. The number of carboxylic acids is 1. The van der Waals surface area contributed by atoms with Crippen LogP contribution in [-0.4, -0.2) is 37.3 Å². The van der Waals surface area contributed by atoms with E-state index >= 15 is 0 Å². The molecule has 0 spiro atoms. The minimum Gasteiger partial charge on any atom is -0.495 e. The number of anilines is 1. The molecule has 0 atom stereocenters. The van der Waals surface area contributed by atoms with Crippen molar-refractivity contribution in [1.29, 1.82) is 0 Å². The second kappa shape index (κ2) is 8.75. The van der Waals surface area contributed by atoms with Crippen molar-refractivity contribution in [3.63, 3.8) is 0 Å². The van der Waals surface area contributed by atoms with Gasteiger partial charge >= 0.3 is 5.97 Å². The Balaban J connectivity index is 2.24. The second-order valence-corrected chi connectivity index (χ2v) is 5.43. The zero-order chi connectivity index (χ0) is 19.1. The first-order chi connectivity index (χ1) is 12.4. The summed E-state index contributed by atoms with van der Waals surface area (Å²) in [5.41, 5.74) is 1.88. The molecule has 7 nitrogen and oxygen atoms in total. The zero-order valence-corrected chi connectivity index (χ0v) is 14.9. The number of aryl methyl sites for hydroxylation is 1. The van der Waals surface area contributed by atoms with Gasteiger partial charge < -0.3 is 24.6 Å². The monoisotopic (exact) mass is 359 g/mol. The number of amides is 1. The highest BCUT2D eigenvalue weighted by atomic mass is 16.5. The highest BCUT2D eigenvalue weighted by Crippen LogP contribution is 2.30. The standard InChI is InChI=1S/C19H21NO6/c1-4-25-17-10-13(6-8-16(17)26-11-18(21)22)19(23)20-14-9-12(2)5-7-15(14)24-3/h5-10H,4,11H2,1-3H3,(H,20,23)(H,21,22). The van der Waals surface area contributed by atoms with E-state index in [1.54, 1.807) is 13.0 Å². The van der Waals surface area contributed by atoms with E-state index in [1.807, 2.05) is 19.1 Å². The van der Waals surface area contributed by atoms with Gasteiger partial charge in [0.25, 0.3) is 5.91 Å². The lowest BCUT2D eigenvalue weighted by molar-refractivity contribution is -0.139. The first-order valence-corrected chi connectivity index (χ1v) is 8.02. The van der Waals surface area contributed by atoms with Crippen LogP contribution in [0.15, 0.2) is 36.4 Å². The van der Waals surface area contributed by atoms with E-state index in [4.69, 9.17) is 19.3 Å². The Labute approximate surface area is 151 Å². The smallest absolute Gasteiger partial charge is 0.341 e. The molecule has 1 amide bonds. The molecule has 0 saturated heterocycles. The molecule has 0 fully saturated rings. The quantitative estimate of drug-likeness (QED) is 0.752. The van der Waals surface area contributed by atoms with E-state index < -0.39 is 12.6 Å². The lowest BCUT2D eigenvalue weighted by Crippen LogP contribution is -2.14. The van der Waals surface area contributed by atoms with Crippen molar-refractivity contribution in [2.75, 3.05) is 25.6 Å². The Hall–Kier alpha value is -3.22. The third kappa shape index (κ3) is 4.89. The fourth-order valence-electron chi connectivity index (χ4n) is 2.29. The highest BCUT2D eigenvalue weighted by Gasteiger charge is 2.14. The number of methoxy groups -OCH3 is 1. The van der Waals surface area contributed by atoms with Crippen LogP contribution < -0.4 is 19.5 Å². The number of carbonyl (C=O) groups is 2. The number of aliphatic carboxylic acids is 1. The third-order valence-corrected chi connectivity index (χ3v) is 3.46. The third-order valence-electron chi connectivity index (χ3n) is 3.46. The van der Waals surface area contributed by atoms with Gasteiger partial charge in [0.05, 0.1) is 19.4 Å². The van der Waals surface area contributed by atoms with Crippen molar-refractivity contribution in [1.82, 2.24) is 0 Å². The normalized spacial score (nSPS) is 10.1. The molecular weight excluding hydrogens is 338 g/mol. The summed E-state index contributed by atoms with van der Waals surface area (Å²) >= 11 is 0. The zero-order valence-electron chi connectivity index (χ0n) is 14.9. The van der Waals surface area contributed by atoms with Gasteiger partial charge in [-0.2, -0.15) is 0 Å². The molecule has 0 heterocycles. The van der Waals surface area contributed by atoms with Gasteiger partial charge in [-0.15, -0.1) is 0 Å². The van der Waals surface area contributed by atoms with Crippen molar-refractivity contribution in [3.8, 4) is 17.2 Å². The van der Waals surface area contributed by atoms with E-state index in [9.17, 15) is 9.59 Å². The van der Waals surface area contributed by atoms with Gasteiger partial charge in [-0.3, -0.25) is 4.79 Å². The summed E-state index contributed by atoms with van der Waals surface area (Å²) < 4.78 is 15.9. The van der Waals surface area contributed by atoms with Crippen LogP contribution in [0.3, 0.4) is 0 Å². The number of hydrogen-bond acceptors (Lipinski definition) is 5. The Kier molecular flexibility index (Phi) is 6.43. The van der Waals surface area contributed by atoms with Crippen molar-refractivity contribution >= 4 is 17.6 Å². The number of benzene rings is 2. The molecule has 0 aliphatic carbocycles. The summed E-state index contributed by atoms with van der Waals surface area (Å²) in [6, 6.07) is 10.0. The molecule has 2 rings (SSSR count). The summed E-state index contributed by atoms with van der Waals surface area (Å²) in [6.07, 6.45) is 0. The Morgan fingerprint density at radius 2 is 1.77 bits per heavy atom. The van der Waals surface area contributed by atoms with Crippen molar-refractivity contribution in [2.45, 2.75) is 13.8 Å². The van der Waals surface area contributed by atoms with Gasteiger partial charge in [0.1, 0.15) is 5.75 Å². The molecule has 0 saturated carbocycles. The first kappa shape index (κ1) is 19.1. The lowest BCUT2D eigenvalue weighted by Gasteiger charge is -2.14. The predicted molar refractivity (Wildman–Crippen MR) is 96.4 cm³/mol. The number of nitrogens with one attached hydrogen (secondary N) is 1. The van der Waals surface area contributed by atoms with Crippen LogP contribution in [0.1, 0.15) is 22.8 Å². The highest BCUT2D eigenvalue weighted by molar-refractivity contribution is 6.05. The summed E-state index contributed by atoms with van der Waals surface area (Å²) in [6.45, 7) is 3.55. The molecule has 2 aromatic carbocycles. The molecule has 7 heteroatoms. The fraction of sp³-hybridized carbons (Fsp3) is 0.263. The predicted octanol–water partition coefficient (Wildman–Crippen LogP) is 3.12. The van der Waals surface area contributed by atoms with Crippen LogP contribution >= 0.6 is 0 Å². The van der Waals surface area contributed by atoms with Crippen molar-refractivity contribution < 1.29 is 28.9 Å². The lowest BCUT2D eigenvalue weighted by atomic mass is 10.1. The van der Waals surface area contributed by atoms with Crippen LogP contribution in [-0.2, 0) is 4.79 Å². The molecule has 0 aromatic heterocycles. The molecule has 0 aliphatic rings. The summed E-state index contributed by atoms with van der Waals surface area (Å²) in [5, 5.41) is 11.5. The SMILES string of the molecule is CCOc1cc(C(=O)Nc2cc(C)ccc2OC)ccc1OCC(=O)O. The molecule has 138 valence electrons. The minimum absolute atomic E-state index is 0.263. The summed E-state index contributed by atoms with van der Waals surface area (Å²) in [7, 11) is 1.53. The number of hydrogen-bond donors (Lipinski definition) is 2. The van der Waals surface area contributed by atoms with E-state index in [2.05, 4.69) is 5.32 Å². The van der Waals surface area contributed by atoms with E-state index in [1.165, 1.54) is 25.3 Å². The van der Waals surface area contributed by atoms with Crippen molar-refractivity contribution in [3.05, 3.63) is 47.5 Å². The topological polar surface area (TPSA) is 94.1 Å². The van der Waals surface area contributed by atoms with Crippen LogP contribution in [0.25, 0.3) is 0 Å². The minimum atomic E-state index is -1.10. The van der Waals surface area contributed by atoms with Crippen LogP contribution in [0.5, 0.6) is 17.2 Å². The van der Waals surface area contributed by atoms with E-state index in [-0.39, 0.29) is 11.7 Å². The average Bonchev–Trinajstić information content (AvgIpc) is 2.61. The largest absolute Gasteiger partial charge is 0.495 e. The van der Waals surface area contributed by atoms with Crippen molar-refractivity contribution in [2.24, 2.45) is 0 Å². The molecule has 2 aromatic rings. The molecule has 26 heavy (non-hydrogen) atoms. The maximum Gasteiger partial charge on any atom is 0.341 e. The van der Waals surface area contributed by atoms with Crippen LogP contribution in [0.4, 0.5) is 5.69 Å². The Morgan fingerprint density at radius 1 is 1.04 bits per heavy atom. The van der Waals surface area contributed by atoms with Crippen LogP contribution in [0, 0.1) is 6.92 Å². The van der Waals surface area contributed by atoms with Gasteiger partial charge in [0, 0.05) is 5.56 Å². The fourth-order valence-corrected chi connectivity index (χ4v) is 2.29. The molecule has 0 unspecified atom stereocenters. The maximum absolute atomic E-state index is 12.6. The second-order valence-electron chi connectivity index (χ2n) is 5.43. The van der Waals surface area contributed by atoms with E-state index in [0.29, 0.717) is 29.4 Å². The Bertz CT molecular complexity index is 803. The van der Waals surface area contributed by atoms with Gasteiger partial charge in [0.15, 0.2) is 18.1 Å². The number of carboxylic acid groups (broad SMARTS) is 1. The number of ether oxygens (including phenoxy) is 3. The first-order valence-electron chi connectivity index (χ1n) is 8.02. The van der Waals surface area contributed by atoms with Gasteiger partial charge in [-0.25, -0.2) is 4.79 Å². The molecule has 0 aliphatic heterocycles. The maximum atomic E-state index is 12.6. The molecular formula is C19H21NO6. The number of carbonyl (C=O) groups excluding carboxylic acids is 1. The molecule has 0 bridgehead atoms.